The molecular formula is C44H48FN13O3. The first kappa shape index (κ1) is 39.6. The Hall–Kier alpha value is -6.80. The third-order valence-corrected chi connectivity index (χ3v) is 12.3. The van der Waals surface area contributed by atoms with Gasteiger partial charge < -0.3 is 24.8 Å². The second-order valence-corrected chi connectivity index (χ2v) is 16.3. The minimum absolute atomic E-state index is 0.189. The summed E-state index contributed by atoms with van der Waals surface area (Å²) in [7, 11) is 1.89. The van der Waals surface area contributed by atoms with Crippen LogP contribution in [0.2, 0.25) is 0 Å². The Morgan fingerprint density at radius 1 is 1.02 bits per heavy atom. The van der Waals surface area contributed by atoms with Crippen LogP contribution in [0.3, 0.4) is 0 Å². The molecule has 3 amide bonds. The average Bonchev–Trinajstić information content (AvgIpc) is 3.98. The quantitative estimate of drug-likeness (QED) is 0.165. The van der Waals surface area contributed by atoms with E-state index in [-0.39, 0.29) is 29.7 Å². The highest BCUT2D eigenvalue weighted by Gasteiger charge is 2.31. The Bertz CT molecular complexity index is 2630. The summed E-state index contributed by atoms with van der Waals surface area (Å²) in [6, 6.07) is 16.6. The smallest absolute Gasteiger partial charge is 0.329 e. The van der Waals surface area contributed by atoms with Crippen molar-refractivity contribution in [3.63, 3.8) is 0 Å². The maximum atomic E-state index is 13.9. The zero-order chi connectivity index (χ0) is 42.2. The van der Waals surface area contributed by atoms with Crippen LogP contribution in [0.1, 0.15) is 62.0 Å². The highest BCUT2D eigenvalue weighted by molar-refractivity contribution is 6.09. The molecule has 16 nitrogen and oxygen atoms in total. The van der Waals surface area contributed by atoms with Gasteiger partial charge in [-0.25, -0.2) is 19.2 Å². The standard InChI is InChI=1S/C44H48FN13O3/c1-28(31-4-3-5-33(45)18-31)61-39-19-32(23-48-42(39)47)41-37(21-46)49-27-56(41)24-30-22-50-57(26-30)25-29-8-13-54(14-9-29)34-10-15-55(16-11-34)35-6-7-36-38(20-35)53(2)52-43(36)58-17-12-40(59)51-44(58)60/h3-7,18-20,22-23,26-29,34H,8-17,24-25H2,1-2H3,(H2,47,48)(H,51,59,60)/t28-/m1/s1. The number of piperidine rings is 2. The largest absolute Gasteiger partial charge is 0.482 e. The predicted molar refractivity (Wildman–Crippen MR) is 227 cm³/mol. The molecule has 2 aromatic carbocycles. The van der Waals surface area contributed by atoms with Crippen molar-refractivity contribution in [2.75, 3.05) is 48.3 Å². The van der Waals surface area contributed by atoms with Crippen LogP contribution in [0.5, 0.6) is 5.75 Å². The van der Waals surface area contributed by atoms with Gasteiger partial charge in [-0.2, -0.15) is 15.5 Å². The number of nitrogen functional groups attached to an aromatic ring is 1. The Morgan fingerprint density at radius 2 is 1.84 bits per heavy atom. The first-order valence-corrected chi connectivity index (χ1v) is 20.8. The average molecular weight is 826 g/mol. The highest BCUT2D eigenvalue weighted by Crippen LogP contribution is 2.34. The first-order chi connectivity index (χ1) is 29.6. The third-order valence-electron chi connectivity index (χ3n) is 12.3. The highest BCUT2D eigenvalue weighted by atomic mass is 19.1. The van der Waals surface area contributed by atoms with Crippen LogP contribution in [-0.4, -0.2) is 89.7 Å². The van der Waals surface area contributed by atoms with Crippen LogP contribution in [0, 0.1) is 23.1 Å². The van der Waals surface area contributed by atoms with Gasteiger partial charge in [-0.05, 0) is 93.6 Å². The number of nitrogens with zero attached hydrogens (tertiary/aromatic N) is 11. The summed E-state index contributed by atoms with van der Waals surface area (Å²) in [5, 5.41) is 22.6. The lowest BCUT2D eigenvalue weighted by atomic mass is 9.93. The van der Waals surface area contributed by atoms with Gasteiger partial charge in [0, 0.05) is 80.3 Å². The summed E-state index contributed by atoms with van der Waals surface area (Å²) in [4.78, 5) is 39.6. The number of ether oxygens (including phenoxy) is 1. The number of fused-ring (bicyclic) bond motifs is 1. The van der Waals surface area contributed by atoms with Crippen LogP contribution in [0.15, 0.2) is 73.4 Å². The fourth-order valence-electron chi connectivity index (χ4n) is 9.01. The second kappa shape index (κ2) is 16.7. The number of pyridine rings is 1. The molecule has 3 aliphatic heterocycles. The van der Waals surface area contributed by atoms with Crippen molar-refractivity contribution in [3.05, 3.63) is 96.1 Å². The molecule has 1 atom stereocenters. The summed E-state index contributed by atoms with van der Waals surface area (Å²) >= 11 is 0. The molecule has 9 rings (SSSR count). The summed E-state index contributed by atoms with van der Waals surface area (Å²) in [6.07, 6.45) is 11.4. The van der Waals surface area contributed by atoms with E-state index in [0.717, 1.165) is 80.6 Å². The Morgan fingerprint density at radius 3 is 2.61 bits per heavy atom. The normalized spacial score (nSPS) is 17.5. The van der Waals surface area contributed by atoms with Gasteiger partial charge in [-0.1, -0.05) is 12.1 Å². The number of hydrogen-bond acceptors (Lipinski definition) is 11. The molecule has 0 radical (unpaired) electrons. The molecule has 3 aliphatic rings. The number of imidazole rings is 1. The number of hydrogen-bond donors (Lipinski definition) is 2. The van der Waals surface area contributed by atoms with E-state index in [0.29, 0.717) is 53.4 Å². The molecule has 17 heteroatoms. The van der Waals surface area contributed by atoms with E-state index < -0.39 is 12.1 Å². The van der Waals surface area contributed by atoms with Crippen molar-refractivity contribution in [3.8, 4) is 23.1 Å². The van der Waals surface area contributed by atoms with Gasteiger partial charge in [0.15, 0.2) is 23.1 Å². The number of rotatable bonds is 11. The number of imide groups is 1. The van der Waals surface area contributed by atoms with Crippen molar-refractivity contribution in [2.24, 2.45) is 13.0 Å². The number of benzene rings is 2. The first-order valence-electron chi connectivity index (χ1n) is 20.8. The molecule has 0 bridgehead atoms. The molecular weight excluding hydrogens is 778 g/mol. The number of aryl methyl sites for hydroxylation is 1. The number of anilines is 3. The topological polar surface area (TPSA) is 181 Å². The van der Waals surface area contributed by atoms with E-state index in [4.69, 9.17) is 15.6 Å². The lowest BCUT2D eigenvalue weighted by Crippen LogP contribution is -2.49. The zero-order valence-electron chi connectivity index (χ0n) is 34.2. The maximum Gasteiger partial charge on any atom is 0.329 e. The third kappa shape index (κ3) is 8.23. The molecule has 3 fully saturated rings. The number of amides is 3. The van der Waals surface area contributed by atoms with Gasteiger partial charge in [-0.3, -0.25) is 24.4 Å². The number of nitrogens with two attached hydrogens (primary N) is 1. The lowest BCUT2D eigenvalue weighted by molar-refractivity contribution is -0.120. The number of carbonyl (C=O) groups excluding carboxylic acids is 2. The van der Waals surface area contributed by atoms with Gasteiger partial charge in [0.1, 0.15) is 18.0 Å². The van der Waals surface area contributed by atoms with E-state index >= 15 is 0 Å². The van der Waals surface area contributed by atoms with E-state index in [9.17, 15) is 19.2 Å². The number of carbonyl (C=O) groups is 2. The van der Waals surface area contributed by atoms with Crippen molar-refractivity contribution in [1.82, 2.24) is 44.3 Å². The maximum absolute atomic E-state index is 13.9. The van der Waals surface area contributed by atoms with Gasteiger partial charge in [0.2, 0.25) is 5.91 Å². The van der Waals surface area contributed by atoms with Crippen LogP contribution in [0.25, 0.3) is 22.2 Å². The predicted octanol–water partition coefficient (Wildman–Crippen LogP) is 5.64. The molecule has 0 aliphatic carbocycles. The fraction of sp³-hybridized carbons (Fsp3) is 0.386. The second-order valence-electron chi connectivity index (χ2n) is 16.3. The van der Waals surface area contributed by atoms with Crippen LogP contribution in [-0.2, 0) is 24.9 Å². The summed E-state index contributed by atoms with van der Waals surface area (Å²) < 4.78 is 25.8. The fourth-order valence-corrected chi connectivity index (χ4v) is 9.01. The zero-order valence-corrected chi connectivity index (χ0v) is 34.2. The van der Waals surface area contributed by atoms with Crippen LogP contribution >= 0.6 is 0 Å². The summed E-state index contributed by atoms with van der Waals surface area (Å²) in [5.74, 6) is 1.01. The van der Waals surface area contributed by atoms with Crippen molar-refractivity contribution in [2.45, 2.75) is 64.3 Å². The molecule has 3 saturated heterocycles. The molecule has 0 spiro atoms. The minimum atomic E-state index is -0.488. The molecule has 7 heterocycles. The summed E-state index contributed by atoms with van der Waals surface area (Å²) in [5.41, 5.74) is 11.4. The van der Waals surface area contributed by atoms with Crippen LogP contribution in [0.4, 0.5) is 26.5 Å². The van der Waals surface area contributed by atoms with Crippen molar-refractivity contribution < 1.29 is 18.7 Å². The van der Waals surface area contributed by atoms with Crippen LogP contribution < -0.4 is 25.6 Å². The Labute approximate surface area is 352 Å². The lowest BCUT2D eigenvalue weighted by Gasteiger charge is -2.42. The van der Waals surface area contributed by atoms with E-state index in [1.165, 1.54) is 12.1 Å². The van der Waals surface area contributed by atoms with E-state index in [2.05, 4.69) is 54.6 Å². The molecule has 6 aromatic rings. The number of nitriles is 1. The minimum Gasteiger partial charge on any atom is -0.482 e. The number of likely N-dealkylation sites (tertiary alicyclic amines) is 1. The molecule has 4 aromatic heterocycles. The molecule has 0 saturated carbocycles. The molecule has 0 unspecified atom stereocenters. The Balaban J connectivity index is 0.779. The van der Waals surface area contributed by atoms with Gasteiger partial charge >= 0.3 is 6.03 Å². The number of halogens is 1. The molecule has 314 valence electrons. The monoisotopic (exact) mass is 825 g/mol. The van der Waals surface area contributed by atoms with E-state index in [1.807, 2.05) is 40.2 Å². The van der Waals surface area contributed by atoms with Crippen molar-refractivity contribution in [1.29, 1.82) is 5.26 Å². The SMILES string of the molecule is C[C@@H](Oc1cc(-c2c(C#N)ncn2Cc2cnn(CC3CCN(C4CCN(c5ccc6c(N7CCC(=O)NC7=O)nn(C)c6c5)CC4)CC3)c2)cnc1N)c1cccc(F)c1. The number of aromatic nitrogens is 7. The molecule has 3 N–H and O–H groups in total. The molecule has 61 heavy (non-hydrogen) atoms. The number of nitrogens with one attached hydrogen (secondary N) is 1. The van der Waals surface area contributed by atoms with Gasteiger partial charge in [0.05, 0.1) is 30.3 Å². The van der Waals surface area contributed by atoms with Gasteiger partial charge in [-0.15, -0.1) is 0 Å². The number of urea groups is 1. The van der Waals surface area contributed by atoms with E-state index in [1.54, 1.807) is 35.6 Å². The summed E-state index contributed by atoms with van der Waals surface area (Å²) in [6.45, 7) is 7.52. The Kier molecular flexibility index (Phi) is 10.8. The van der Waals surface area contributed by atoms with Gasteiger partial charge in [0.25, 0.3) is 0 Å². The van der Waals surface area contributed by atoms with Crippen molar-refractivity contribution >= 4 is 40.2 Å².